The van der Waals surface area contributed by atoms with Gasteiger partial charge in [-0.15, -0.1) is 0 Å². The molecule has 1 aliphatic heterocycles. The molecule has 16 heavy (non-hydrogen) atoms. The smallest absolute Gasteiger partial charge is 0.163 e. The summed E-state index contributed by atoms with van der Waals surface area (Å²) >= 11 is 0. The van der Waals surface area contributed by atoms with Crippen LogP contribution in [0.1, 0.15) is 46.5 Å². The molecule has 0 amide bonds. The molecule has 4 nitrogen and oxygen atoms in total. The van der Waals surface area contributed by atoms with Crippen LogP contribution in [0.2, 0.25) is 0 Å². The lowest BCUT2D eigenvalue weighted by atomic mass is 10.0. The first-order valence-electron chi connectivity index (χ1n) is 6.14. The van der Waals surface area contributed by atoms with Crippen molar-refractivity contribution in [2.75, 3.05) is 6.61 Å². The van der Waals surface area contributed by atoms with Gasteiger partial charge in [0, 0.05) is 0 Å². The zero-order valence-electron chi connectivity index (χ0n) is 10.5. The summed E-state index contributed by atoms with van der Waals surface area (Å²) in [6.45, 7) is 5.54. The quantitative estimate of drug-likeness (QED) is 0.680. The Kier molecular flexibility index (Phi) is 5.18. The standard InChI is InChI=1S/C12H24O4/c1-4-5-6-7-10-11(9(14)8-13)16-12(2,3)15-10/h9-11,13-14H,4-8H2,1-3H3. The molecule has 0 aromatic carbocycles. The zero-order chi connectivity index (χ0) is 12.2. The van der Waals surface area contributed by atoms with Crippen LogP contribution < -0.4 is 0 Å². The van der Waals surface area contributed by atoms with Crippen molar-refractivity contribution in [1.82, 2.24) is 0 Å². The molecular weight excluding hydrogens is 208 g/mol. The summed E-state index contributed by atoms with van der Waals surface area (Å²) in [5.41, 5.74) is 0. The van der Waals surface area contributed by atoms with Crippen LogP contribution in [0.25, 0.3) is 0 Å². The molecule has 0 aromatic heterocycles. The number of ether oxygens (including phenoxy) is 2. The molecule has 3 atom stereocenters. The lowest BCUT2D eigenvalue weighted by Crippen LogP contribution is -2.37. The van der Waals surface area contributed by atoms with E-state index in [0.29, 0.717) is 0 Å². The molecule has 1 rings (SSSR count). The lowest BCUT2D eigenvalue weighted by Gasteiger charge is -2.20. The fourth-order valence-corrected chi connectivity index (χ4v) is 2.11. The number of hydrogen-bond donors (Lipinski definition) is 2. The van der Waals surface area contributed by atoms with E-state index in [0.717, 1.165) is 25.7 Å². The summed E-state index contributed by atoms with van der Waals surface area (Å²) in [5.74, 6) is -0.655. The van der Waals surface area contributed by atoms with Gasteiger partial charge in [-0.25, -0.2) is 0 Å². The van der Waals surface area contributed by atoms with Gasteiger partial charge >= 0.3 is 0 Å². The molecule has 1 saturated heterocycles. The maximum atomic E-state index is 9.66. The molecule has 0 aromatic rings. The maximum Gasteiger partial charge on any atom is 0.163 e. The van der Waals surface area contributed by atoms with Crippen LogP contribution in [-0.2, 0) is 9.47 Å². The van der Waals surface area contributed by atoms with Gasteiger partial charge in [0.15, 0.2) is 5.79 Å². The second-order valence-electron chi connectivity index (χ2n) is 4.88. The molecule has 0 spiro atoms. The fraction of sp³-hybridized carbons (Fsp3) is 1.00. The molecule has 0 radical (unpaired) electrons. The van der Waals surface area contributed by atoms with Crippen LogP contribution >= 0.6 is 0 Å². The molecule has 0 aliphatic carbocycles. The van der Waals surface area contributed by atoms with Crippen molar-refractivity contribution in [3.63, 3.8) is 0 Å². The largest absolute Gasteiger partial charge is 0.394 e. The molecule has 96 valence electrons. The van der Waals surface area contributed by atoms with E-state index in [1.165, 1.54) is 0 Å². The Morgan fingerprint density at radius 1 is 1.25 bits per heavy atom. The van der Waals surface area contributed by atoms with Gasteiger partial charge in [0.05, 0.1) is 12.7 Å². The first kappa shape index (κ1) is 13.9. The highest BCUT2D eigenvalue weighted by molar-refractivity contribution is 4.86. The second-order valence-corrected chi connectivity index (χ2v) is 4.88. The minimum absolute atomic E-state index is 0.108. The van der Waals surface area contributed by atoms with Gasteiger partial charge in [0.2, 0.25) is 0 Å². The minimum atomic E-state index is -0.853. The Balaban J connectivity index is 2.50. The minimum Gasteiger partial charge on any atom is -0.394 e. The van der Waals surface area contributed by atoms with Crippen molar-refractivity contribution in [3.8, 4) is 0 Å². The molecule has 2 N–H and O–H groups in total. The van der Waals surface area contributed by atoms with Crippen molar-refractivity contribution >= 4 is 0 Å². The SMILES string of the molecule is CCCCCC1OC(C)(C)OC1C(O)CO. The van der Waals surface area contributed by atoms with Crippen molar-refractivity contribution in [3.05, 3.63) is 0 Å². The Labute approximate surface area is 97.6 Å². The van der Waals surface area contributed by atoms with E-state index in [4.69, 9.17) is 14.6 Å². The predicted octanol–water partition coefficient (Wildman–Crippen LogP) is 1.44. The Morgan fingerprint density at radius 3 is 2.50 bits per heavy atom. The fourth-order valence-electron chi connectivity index (χ4n) is 2.11. The zero-order valence-corrected chi connectivity index (χ0v) is 10.5. The van der Waals surface area contributed by atoms with E-state index in [1.54, 1.807) is 0 Å². The molecule has 3 unspecified atom stereocenters. The summed E-state index contributed by atoms with van der Waals surface area (Å²) in [6, 6.07) is 0. The third-order valence-corrected chi connectivity index (χ3v) is 2.88. The average Bonchev–Trinajstić information content (AvgIpc) is 2.53. The van der Waals surface area contributed by atoms with Crippen LogP contribution in [0.3, 0.4) is 0 Å². The molecule has 1 fully saturated rings. The third-order valence-electron chi connectivity index (χ3n) is 2.88. The topological polar surface area (TPSA) is 58.9 Å². The van der Waals surface area contributed by atoms with E-state index < -0.39 is 18.0 Å². The summed E-state index contributed by atoms with van der Waals surface area (Å²) < 4.78 is 11.4. The molecule has 1 aliphatic rings. The predicted molar refractivity (Wildman–Crippen MR) is 61.1 cm³/mol. The van der Waals surface area contributed by atoms with Gasteiger partial charge < -0.3 is 19.7 Å². The van der Waals surface area contributed by atoms with Crippen molar-refractivity contribution in [1.29, 1.82) is 0 Å². The van der Waals surface area contributed by atoms with Crippen LogP contribution in [0, 0.1) is 0 Å². The van der Waals surface area contributed by atoms with E-state index in [2.05, 4.69) is 6.92 Å². The number of aliphatic hydroxyl groups is 2. The molecule has 0 saturated carbocycles. The molecule has 1 heterocycles. The number of aliphatic hydroxyl groups excluding tert-OH is 2. The van der Waals surface area contributed by atoms with Crippen molar-refractivity contribution in [2.45, 2.75) is 70.6 Å². The van der Waals surface area contributed by atoms with Crippen molar-refractivity contribution < 1.29 is 19.7 Å². The number of hydrogen-bond acceptors (Lipinski definition) is 4. The number of rotatable bonds is 6. The summed E-state index contributed by atoms with van der Waals surface area (Å²) in [7, 11) is 0. The Hall–Kier alpha value is -0.160. The van der Waals surface area contributed by atoms with Gasteiger partial charge in [-0.1, -0.05) is 26.2 Å². The third kappa shape index (κ3) is 3.70. The highest BCUT2D eigenvalue weighted by atomic mass is 16.8. The molecule has 0 bridgehead atoms. The molecular formula is C12H24O4. The Bertz CT molecular complexity index is 205. The van der Waals surface area contributed by atoms with Gasteiger partial charge in [0.25, 0.3) is 0 Å². The van der Waals surface area contributed by atoms with Crippen LogP contribution in [0.15, 0.2) is 0 Å². The average molecular weight is 232 g/mol. The van der Waals surface area contributed by atoms with Crippen molar-refractivity contribution in [2.24, 2.45) is 0 Å². The normalized spacial score (nSPS) is 30.6. The van der Waals surface area contributed by atoms with Gasteiger partial charge in [-0.05, 0) is 20.3 Å². The highest BCUT2D eigenvalue weighted by Gasteiger charge is 2.43. The highest BCUT2D eigenvalue weighted by Crippen LogP contribution is 2.32. The van der Waals surface area contributed by atoms with Gasteiger partial charge in [0.1, 0.15) is 12.2 Å². The molecule has 4 heteroatoms. The number of unbranched alkanes of at least 4 members (excludes halogenated alkanes) is 2. The van der Waals surface area contributed by atoms with Gasteiger partial charge in [-0.2, -0.15) is 0 Å². The van der Waals surface area contributed by atoms with E-state index in [-0.39, 0.29) is 12.7 Å². The van der Waals surface area contributed by atoms with Crippen LogP contribution in [-0.4, -0.2) is 40.9 Å². The first-order chi connectivity index (χ1) is 7.50. The van der Waals surface area contributed by atoms with Crippen LogP contribution in [0.4, 0.5) is 0 Å². The maximum absolute atomic E-state index is 9.66. The summed E-state index contributed by atoms with van der Waals surface area (Å²) in [4.78, 5) is 0. The van der Waals surface area contributed by atoms with E-state index >= 15 is 0 Å². The Morgan fingerprint density at radius 2 is 1.94 bits per heavy atom. The second kappa shape index (κ2) is 5.96. The van der Waals surface area contributed by atoms with E-state index in [9.17, 15) is 5.11 Å². The summed E-state index contributed by atoms with van der Waals surface area (Å²) in [5, 5.41) is 18.6. The lowest BCUT2D eigenvalue weighted by molar-refractivity contribution is -0.157. The van der Waals surface area contributed by atoms with Crippen LogP contribution in [0.5, 0.6) is 0 Å². The van der Waals surface area contributed by atoms with Gasteiger partial charge in [-0.3, -0.25) is 0 Å². The monoisotopic (exact) mass is 232 g/mol. The summed E-state index contributed by atoms with van der Waals surface area (Å²) in [6.07, 6.45) is 2.88. The first-order valence-corrected chi connectivity index (χ1v) is 6.14. The van der Waals surface area contributed by atoms with E-state index in [1.807, 2.05) is 13.8 Å².